The number of pyridine rings is 1. The summed E-state index contributed by atoms with van der Waals surface area (Å²) >= 11 is 0. The van der Waals surface area contributed by atoms with E-state index in [1.807, 2.05) is 32.8 Å². The van der Waals surface area contributed by atoms with Crippen molar-refractivity contribution >= 4 is 12.0 Å². The summed E-state index contributed by atoms with van der Waals surface area (Å²) in [6, 6.07) is 2.76. The molecule has 7 heteroatoms. The van der Waals surface area contributed by atoms with Crippen molar-refractivity contribution < 1.29 is 14.7 Å². The quantitative estimate of drug-likeness (QED) is 0.725. The van der Waals surface area contributed by atoms with Gasteiger partial charge in [-0.1, -0.05) is 6.07 Å². The van der Waals surface area contributed by atoms with Crippen LogP contribution in [0.25, 0.3) is 0 Å². The van der Waals surface area contributed by atoms with Crippen molar-refractivity contribution in [2.24, 2.45) is 0 Å². The molecule has 0 spiro atoms. The Morgan fingerprint density at radius 3 is 2.43 bits per heavy atom. The lowest BCUT2D eigenvalue weighted by Gasteiger charge is -2.32. The fourth-order valence-electron chi connectivity index (χ4n) is 1.36. The molecule has 0 saturated carbocycles. The molecule has 1 aromatic rings. The highest BCUT2D eigenvalue weighted by Gasteiger charge is 2.20. The third-order valence-electron chi connectivity index (χ3n) is 3.39. The van der Waals surface area contributed by atoms with Crippen LogP contribution in [0.1, 0.15) is 29.9 Å². The van der Waals surface area contributed by atoms with Crippen molar-refractivity contribution in [1.29, 1.82) is 0 Å². The second-order valence-electron chi connectivity index (χ2n) is 5.60. The minimum atomic E-state index is -1.07. The summed E-state index contributed by atoms with van der Waals surface area (Å²) in [5, 5.41) is 14.2. The van der Waals surface area contributed by atoms with E-state index < -0.39 is 5.97 Å². The summed E-state index contributed by atoms with van der Waals surface area (Å²) in [6.07, 6.45) is 1.44. The van der Waals surface area contributed by atoms with Crippen LogP contribution in [0.2, 0.25) is 0 Å². The first-order chi connectivity index (χ1) is 9.72. The Labute approximate surface area is 124 Å². The minimum absolute atomic E-state index is 0.0177. The molecule has 0 aromatic carbocycles. The number of nitrogens with one attached hydrogen (secondary N) is 2. The molecule has 21 heavy (non-hydrogen) atoms. The van der Waals surface area contributed by atoms with Crippen LogP contribution in [0.5, 0.6) is 0 Å². The van der Waals surface area contributed by atoms with E-state index in [9.17, 15) is 9.59 Å². The highest BCUT2D eigenvalue weighted by Crippen LogP contribution is 2.07. The first kappa shape index (κ1) is 16.9. The van der Waals surface area contributed by atoms with Crippen LogP contribution >= 0.6 is 0 Å². The van der Waals surface area contributed by atoms with Crippen LogP contribution in [-0.4, -0.2) is 53.2 Å². The Morgan fingerprint density at radius 1 is 1.29 bits per heavy atom. The average Bonchev–Trinajstić information content (AvgIpc) is 2.43. The number of hydrogen-bond donors (Lipinski definition) is 3. The van der Waals surface area contributed by atoms with E-state index in [1.165, 1.54) is 12.3 Å². The van der Waals surface area contributed by atoms with Crippen molar-refractivity contribution in [3.8, 4) is 0 Å². The fraction of sp³-hybridized carbons (Fsp3) is 0.500. The van der Waals surface area contributed by atoms with Gasteiger partial charge in [-0.15, -0.1) is 0 Å². The molecule has 0 unspecified atom stereocenters. The third-order valence-corrected chi connectivity index (χ3v) is 3.39. The van der Waals surface area contributed by atoms with E-state index in [1.54, 1.807) is 6.07 Å². The molecule has 0 aliphatic carbocycles. The maximum atomic E-state index is 11.7. The van der Waals surface area contributed by atoms with E-state index in [2.05, 4.69) is 15.6 Å². The molecule has 0 aliphatic heterocycles. The molecular formula is C14H22N4O3. The maximum absolute atomic E-state index is 11.7. The van der Waals surface area contributed by atoms with Crippen molar-refractivity contribution in [2.45, 2.75) is 25.9 Å². The average molecular weight is 294 g/mol. The maximum Gasteiger partial charge on any atom is 0.354 e. The van der Waals surface area contributed by atoms with Crippen molar-refractivity contribution in [1.82, 2.24) is 20.5 Å². The van der Waals surface area contributed by atoms with Crippen molar-refractivity contribution in [3.05, 3.63) is 29.6 Å². The molecule has 1 heterocycles. The summed E-state index contributed by atoms with van der Waals surface area (Å²) in [4.78, 5) is 28.2. The van der Waals surface area contributed by atoms with Crippen LogP contribution in [0.15, 0.2) is 18.3 Å². The summed E-state index contributed by atoms with van der Waals surface area (Å²) in [6.45, 7) is 4.87. The molecule has 0 bridgehead atoms. The van der Waals surface area contributed by atoms with E-state index in [4.69, 9.17) is 5.11 Å². The summed E-state index contributed by atoms with van der Waals surface area (Å²) in [5.74, 6) is -1.07. The summed E-state index contributed by atoms with van der Waals surface area (Å²) in [5.41, 5.74) is 0.583. The zero-order valence-corrected chi connectivity index (χ0v) is 12.8. The van der Waals surface area contributed by atoms with Gasteiger partial charge in [-0.2, -0.15) is 0 Å². The standard InChI is InChI=1S/C14H22N4O3/c1-14(2,18(3)4)9-17-13(21)16-8-10-5-6-11(12(19)20)15-7-10/h5-7H,8-9H2,1-4H3,(H,19,20)(H2,16,17,21). The van der Waals surface area contributed by atoms with Crippen LogP contribution in [0, 0.1) is 0 Å². The lowest BCUT2D eigenvalue weighted by Crippen LogP contribution is -2.50. The van der Waals surface area contributed by atoms with Gasteiger partial charge in [0.05, 0.1) is 0 Å². The third kappa shape index (κ3) is 5.39. The predicted octanol–water partition coefficient (Wildman–Crippen LogP) is 0.919. The number of rotatable bonds is 6. The Hall–Kier alpha value is -2.15. The molecular weight excluding hydrogens is 272 g/mol. The van der Waals surface area contributed by atoms with Gasteiger partial charge in [0.2, 0.25) is 0 Å². The fourth-order valence-corrected chi connectivity index (χ4v) is 1.36. The van der Waals surface area contributed by atoms with Gasteiger partial charge in [0, 0.05) is 24.8 Å². The topological polar surface area (TPSA) is 94.6 Å². The van der Waals surface area contributed by atoms with Crippen LogP contribution < -0.4 is 10.6 Å². The number of carboxylic acids is 1. The number of urea groups is 1. The van der Waals surface area contributed by atoms with E-state index in [-0.39, 0.29) is 17.3 Å². The van der Waals surface area contributed by atoms with Gasteiger partial charge in [-0.05, 0) is 39.6 Å². The summed E-state index contributed by atoms with van der Waals surface area (Å²) in [7, 11) is 3.91. The van der Waals surface area contributed by atoms with Gasteiger partial charge in [-0.3, -0.25) is 0 Å². The monoisotopic (exact) mass is 294 g/mol. The van der Waals surface area contributed by atoms with Crippen molar-refractivity contribution in [2.75, 3.05) is 20.6 Å². The number of aromatic carboxylic acids is 1. The normalized spacial score (nSPS) is 11.3. The molecule has 0 radical (unpaired) electrons. The molecule has 0 aliphatic rings. The molecule has 2 amide bonds. The second-order valence-corrected chi connectivity index (χ2v) is 5.60. The number of carboxylic acid groups (broad SMARTS) is 1. The van der Waals surface area contributed by atoms with Crippen LogP contribution in [0.4, 0.5) is 4.79 Å². The molecule has 0 fully saturated rings. The largest absolute Gasteiger partial charge is 0.477 e. The lowest BCUT2D eigenvalue weighted by atomic mass is 10.1. The van der Waals surface area contributed by atoms with Crippen LogP contribution in [-0.2, 0) is 6.54 Å². The number of carbonyl (C=O) groups is 2. The molecule has 0 saturated heterocycles. The van der Waals surface area contributed by atoms with Gasteiger partial charge in [-0.25, -0.2) is 14.6 Å². The molecule has 1 rings (SSSR count). The number of hydrogen-bond acceptors (Lipinski definition) is 4. The van der Waals surface area contributed by atoms with Crippen molar-refractivity contribution in [3.63, 3.8) is 0 Å². The molecule has 116 valence electrons. The first-order valence-electron chi connectivity index (χ1n) is 6.60. The Bertz CT molecular complexity index is 497. The summed E-state index contributed by atoms with van der Waals surface area (Å²) < 4.78 is 0. The van der Waals surface area contributed by atoms with E-state index >= 15 is 0 Å². The number of amides is 2. The Balaban J connectivity index is 2.41. The van der Waals surface area contributed by atoms with Crippen LogP contribution in [0.3, 0.4) is 0 Å². The SMILES string of the molecule is CN(C)C(C)(C)CNC(=O)NCc1ccc(C(=O)O)nc1. The number of nitrogens with zero attached hydrogens (tertiary/aromatic N) is 2. The second kappa shape index (κ2) is 7.03. The molecule has 0 atom stereocenters. The van der Waals surface area contributed by atoms with Gasteiger partial charge < -0.3 is 20.6 Å². The molecule has 1 aromatic heterocycles. The molecule has 3 N–H and O–H groups in total. The lowest BCUT2D eigenvalue weighted by molar-refractivity contribution is 0.0690. The Kier molecular flexibility index (Phi) is 5.66. The highest BCUT2D eigenvalue weighted by atomic mass is 16.4. The number of carbonyl (C=O) groups excluding carboxylic acids is 1. The van der Waals surface area contributed by atoms with E-state index in [0.29, 0.717) is 13.1 Å². The smallest absolute Gasteiger partial charge is 0.354 e. The first-order valence-corrected chi connectivity index (χ1v) is 6.60. The van der Waals surface area contributed by atoms with Gasteiger partial charge >= 0.3 is 12.0 Å². The van der Waals surface area contributed by atoms with Gasteiger partial charge in [0.1, 0.15) is 5.69 Å². The Morgan fingerprint density at radius 2 is 1.95 bits per heavy atom. The highest BCUT2D eigenvalue weighted by molar-refractivity contribution is 5.85. The van der Waals surface area contributed by atoms with Gasteiger partial charge in [0.15, 0.2) is 0 Å². The number of likely N-dealkylation sites (N-methyl/N-ethyl adjacent to an activating group) is 1. The number of aromatic nitrogens is 1. The van der Waals surface area contributed by atoms with E-state index in [0.717, 1.165) is 5.56 Å². The predicted molar refractivity (Wildman–Crippen MR) is 79.2 cm³/mol. The zero-order valence-electron chi connectivity index (χ0n) is 12.8. The van der Waals surface area contributed by atoms with Gasteiger partial charge in [0.25, 0.3) is 0 Å². The minimum Gasteiger partial charge on any atom is -0.477 e. The zero-order chi connectivity index (χ0) is 16.0. The molecule has 7 nitrogen and oxygen atoms in total.